The fourth-order valence-electron chi connectivity index (χ4n) is 0.917. The summed E-state index contributed by atoms with van der Waals surface area (Å²) in [6.45, 7) is 4.52. The lowest BCUT2D eigenvalue weighted by Crippen LogP contribution is -2.42. The summed E-state index contributed by atoms with van der Waals surface area (Å²) in [5.41, 5.74) is 0. The van der Waals surface area contributed by atoms with Gasteiger partial charge in [0.05, 0.1) is 12.0 Å². The molecule has 0 aromatic rings. The standard InChI is InChI=1S/C9H18N2O6S/c1-6(2)17-9(14)11-18(15,16)10-5-4-7(3)8(12)13/h6-7,10H,4-5H2,1-3H3,(H,11,14)(H,12,13). The second kappa shape index (κ2) is 7.17. The van der Waals surface area contributed by atoms with Crippen molar-refractivity contribution in [2.24, 2.45) is 5.92 Å². The zero-order valence-electron chi connectivity index (χ0n) is 10.5. The molecule has 0 heterocycles. The van der Waals surface area contributed by atoms with Gasteiger partial charge in [0.2, 0.25) is 0 Å². The van der Waals surface area contributed by atoms with Crippen LogP contribution in [0.5, 0.6) is 0 Å². The van der Waals surface area contributed by atoms with Crippen molar-refractivity contribution in [3.63, 3.8) is 0 Å². The van der Waals surface area contributed by atoms with Crippen molar-refractivity contribution in [1.82, 2.24) is 9.44 Å². The number of hydrogen-bond donors (Lipinski definition) is 3. The second-order valence-corrected chi connectivity index (χ2v) is 5.48. The predicted molar refractivity (Wildman–Crippen MR) is 63.1 cm³/mol. The lowest BCUT2D eigenvalue weighted by molar-refractivity contribution is -0.141. The molecule has 0 aliphatic heterocycles. The number of ether oxygens (including phenoxy) is 1. The first-order valence-corrected chi connectivity index (χ1v) is 6.83. The quantitative estimate of drug-likeness (QED) is 0.607. The molecule has 1 atom stereocenters. The number of nitrogens with one attached hydrogen (secondary N) is 2. The zero-order chi connectivity index (χ0) is 14.3. The number of rotatable bonds is 7. The SMILES string of the molecule is CC(C)OC(=O)NS(=O)(=O)NCCC(C)C(=O)O. The number of aliphatic carboxylic acids is 1. The average molecular weight is 282 g/mol. The molecule has 106 valence electrons. The molecule has 0 radical (unpaired) electrons. The van der Waals surface area contributed by atoms with Crippen molar-refractivity contribution in [2.75, 3.05) is 6.54 Å². The molecule has 3 N–H and O–H groups in total. The lowest BCUT2D eigenvalue weighted by Gasteiger charge is -2.11. The Labute approximate surface area is 106 Å². The van der Waals surface area contributed by atoms with Gasteiger partial charge < -0.3 is 9.84 Å². The highest BCUT2D eigenvalue weighted by Crippen LogP contribution is 2.00. The highest BCUT2D eigenvalue weighted by molar-refractivity contribution is 7.88. The molecule has 18 heavy (non-hydrogen) atoms. The number of carboxylic acids is 1. The number of carboxylic acid groups (broad SMARTS) is 1. The van der Waals surface area contributed by atoms with Crippen molar-refractivity contribution in [1.29, 1.82) is 0 Å². The molecular formula is C9H18N2O6S. The minimum absolute atomic E-state index is 0.0856. The summed E-state index contributed by atoms with van der Waals surface area (Å²) in [6, 6.07) is 0. The Hall–Kier alpha value is -1.35. The van der Waals surface area contributed by atoms with Gasteiger partial charge in [-0.2, -0.15) is 13.1 Å². The van der Waals surface area contributed by atoms with Crippen molar-refractivity contribution < 1.29 is 27.9 Å². The Bertz CT molecular complexity index is 392. The van der Waals surface area contributed by atoms with Gasteiger partial charge in [-0.3, -0.25) is 4.79 Å². The third kappa shape index (κ3) is 7.85. The van der Waals surface area contributed by atoms with Crippen LogP contribution in [-0.2, 0) is 19.7 Å². The van der Waals surface area contributed by atoms with E-state index in [1.165, 1.54) is 6.92 Å². The van der Waals surface area contributed by atoms with Gasteiger partial charge in [0, 0.05) is 6.54 Å². The zero-order valence-corrected chi connectivity index (χ0v) is 11.3. The number of hydrogen-bond acceptors (Lipinski definition) is 5. The molecule has 8 nitrogen and oxygen atoms in total. The van der Waals surface area contributed by atoms with Gasteiger partial charge in [-0.05, 0) is 20.3 Å². The van der Waals surface area contributed by atoms with Crippen LogP contribution in [0.1, 0.15) is 27.2 Å². The Kier molecular flexibility index (Phi) is 6.63. The third-order valence-electron chi connectivity index (χ3n) is 1.85. The monoisotopic (exact) mass is 282 g/mol. The Balaban J connectivity index is 4.09. The third-order valence-corrected chi connectivity index (χ3v) is 2.87. The first kappa shape index (κ1) is 16.6. The van der Waals surface area contributed by atoms with Crippen LogP contribution in [-0.4, -0.2) is 38.2 Å². The van der Waals surface area contributed by atoms with Gasteiger partial charge in [-0.25, -0.2) is 9.52 Å². The number of carbonyl (C=O) groups is 2. The molecule has 0 spiro atoms. The maximum atomic E-state index is 11.3. The Morgan fingerprint density at radius 3 is 2.28 bits per heavy atom. The average Bonchev–Trinajstić information content (AvgIpc) is 2.13. The van der Waals surface area contributed by atoms with Crippen LogP contribution >= 0.6 is 0 Å². The molecule has 0 bridgehead atoms. The largest absolute Gasteiger partial charge is 0.481 e. The van der Waals surface area contributed by atoms with Gasteiger partial charge in [0.25, 0.3) is 0 Å². The van der Waals surface area contributed by atoms with Crippen LogP contribution in [0.2, 0.25) is 0 Å². The van der Waals surface area contributed by atoms with Gasteiger partial charge >= 0.3 is 22.3 Å². The highest BCUT2D eigenvalue weighted by Gasteiger charge is 2.17. The molecule has 0 saturated carbocycles. The summed E-state index contributed by atoms with van der Waals surface area (Å²) >= 11 is 0. The van der Waals surface area contributed by atoms with E-state index in [2.05, 4.69) is 4.74 Å². The van der Waals surface area contributed by atoms with Crippen LogP contribution in [0, 0.1) is 5.92 Å². The summed E-state index contributed by atoms with van der Waals surface area (Å²) in [5, 5.41) is 8.59. The van der Waals surface area contributed by atoms with Crippen molar-refractivity contribution >= 4 is 22.3 Å². The van der Waals surface area contributed by atoms with Crippen LogP contribution < -0.4 is 9.44 Å². The molecule has 9 heteroatoms. The first-order chi connectivity index (χ1) is 8.14. The second-order valence-electron chi connectivity index (χ2n) is 3.98. The van der Waals surface area contributed by atoms with E-state index < -0.39 is 34.3 Å². The summed E-state index contributed by atoms with van der Waals surface area (Å²) in [7, 11) is -4.02. The van der Waals surface area contributed by atoms with Crippen molar-refractivity contribution in [3.8, 4) is 0 Å². The molecular weight excluding hydrogens is 264 g/mol. The topological polar surface area (TPSA) is 122 Å². The van der Waals surface area contributed by atoms with E-state index in [1.807, 2.05) is 4.72 Å². The van der Waals surface area contributed by atoms with Gasteiger partial charge in [-0.15, -0.1) is 0 Å². The van der Waals surface area contributed by atoms with Crippen LogP contribution in [0.3, 0.4) is 0 Å². The summed E-state index contributed by atoms with van der Waals surface area (Å²) in [5.74, 6) is -1.68. The maximum Gasteiger partial charge on any atom is 0.422 e. The smallest absolute Gasteiger partial charge is 0.422 e. The van der Waals surface area contributed by atoms with E-state index in [0.717, 1.165) is 0 Å². The fraction of sp³-hybridized carbons (Fsp3) is 0.778. The molecule has 0 fully saturated rings. The maximum absolute atomic E-state index is 11.3. The van der Waals surface area contributed by atoms with Crippen molar-refractivity contribution in [3.05, 3.63) is 0 Å². The highest BCUT2D eigenvalue weighted by atomic mass is 32.2. The van der Waals surface area contributed by atoms with E-state index in [1.54, 1.807) is 18.6 Å². The van der Waals surface area contributed by atoms with E-state index in [-0.39, 0.29) is 13.0 Å². The van der Waals surface area contributed by atoms with Crippen LogP contribution in [0.25, 0.3) is 0 Å². The van der Waals surface area contributed by atoms with E-state index >= 15 is 0 Å². The molecule has 0 aliphatic rings. The lowest BCUT2D eigenvalue weighted by atomic mass is 10.1. The molecule has 0 rings (SSSR count). The van der Waals surface area contributed by atoms with E-state index in [4.69, 9.17) is 5.11 Å². The van der Waals surface area contributed by atoms with E-state index in [9.17, 15) is 18.0 Å². The number of amides is 1. The minimum Gasteiger partial charge on any atom is -0.481 e. The molecule has 1 amide bonds. The molecule has 1 unspecified atom stereocenters. The summed E-state index contributed by atoms with van der Waals surface area (Å²) in [4.78, 5) is 21.5. The summed E-state index contributed by atoms with van der Waals surface area (Å²) in [6.07, 6.45) is -1.40. The van der Waals surface area contributed by atoms with Gasteiger partial charge in [0.15, 0.2) is 0 Å². The van der Waals surface area contributed by atoms with Crippen molar-refractivity contribution in [2.45, 2.75) is 33.3 Å². The van der Waals surface area contributed by atoms with Crippen LogP contribution in [0.15, 0.2) is 0 Å². The predicted octanol–water partition coefficient (Wildman–Crippen LogP) is 0.0662. The normalized spacial score (nSPS) is 13.1. The van der Waals surface area contributed by atoms with Gasteiger partial charge in [-0.1, -0.05) is 6.92 Å². The fourth-order valence-corrected chi connectivity index (χ4v) is 1.64. The molecule has 0 aromatic heterocycles. The molecule has 0 saturated heterocycles. The molecule has 0 aliphatic carbocycles. The minimum atomic E-state index is -4.02. The Morgan fingerprint density at radius 2 is 1.83 bits per heavy atom. The summed E-state index contributed by atoms with van der Waals surface area (Å²) < 4.78 is 30.9. The first-order valence-electron chi connectivity index (χ1n) is 5.35. The Morgan fingerprint density at radius 1 is 1.28 bits per heavy atom. The van der Waals surface area contributed by atoms with Gasteiger partial charge in [0.1, 0.15) is 0 Å². The molecule has 0 aromatic carbocycles. The van der Waals surface area contributed by atoms with E-state index in [0.29, 0.717) is 0 Å². The van der Waals surface area contributed by atoms with Crippen LogP contribution in [0.4, 0.5) is 4.79 Å². The number of carbonyl (C=O) groups excluding carboxylic acids is 1.